The number of ether oxygens (including phenoxy) is 1. The summed E-state index contributed by atoms with van der Waals surface area (Å²) in [4.78, 5) is 26.4. The van der Waals surface area contributed by atoms with Crippen LogP contribution in [0.2, 0.25) is 0 Å². The second-order valence-corrected chi connectivity index (χ2v) is 5.92. The van der Waals surface area contributed by atoms with Crippen molar-refractivity contribution in [1.82, 2.24) is 4.90 Å². The summed E-state index contributed by atoms with van der Waals surface area (Å²) in [5.74, 6) is -2.43. The molecule has 1 atom stereocenters. The lowest BCUT2D eigenvalue weighted by Gasteiger charge is -2.23. The Morgan fingerprint density at radius 1 is 1.29 bits per heavy atom. The number of halogens is 2. The Morgan fingerprint density at radius 2 is 2.00 bits per heavy atom. The van der Waals surface area contributed by atoms with Crippen LogP contribution < -0.4 is 5.32 Å². The zero-order chi connectivity index (χ0) is 17.5. The maximum atomic E-state index is 13.2. The lowest BCUT2D eigenvalue weighted by atomic mass is 9.98. The fourth-order valence-corrected chi connectivity index (χ4v) is 2.86. The van der Waals surface area contributed by atoms with E-state index in [9.17, 15) is 18.4 Å². The van der Waals surface area contributed by atoms with E-state index in [0.29, 0.717) is 26.1 Å². The number of likely N-dealkylation sites (tertiary alicyclic amines) is 1. The van der Waals surface area contributed by atoms with Crippen LogP contribution in [0.3, 0.4) is 0 Å². The van der Waals surface area contributed by atoms with Crippen molar-refractivity contribution in [3.8, 4) is 0 Å². The molecule has 0 bridgehead atoms. The van der Waals surface area contributed by atoms with E-state index in [0.717, 1.165) is 31.0 Å². The Labute approximate surface area is 140 Å². The molecule has 0 spiro atoms. The first-order chi connectivity index (χ1) is 11.5. The number of anilines is 1. The maximum Gasteiger partial charge on any atom is 0.226 e. The molecule has 1 aliphatic heterocycles. The predicted molar refractivity (Wildman–Crippen MR) is 85.4 cm³/mol. The highest BCUT2D eigenvalue weighted by atomic mass is 19.1. The zero-order valence-corrected chi connectivity index (χ0v) is 13.7. The highest BCUT2D eigenvalue weighted by Gasteiger charge is 2.28. The molecule has 132 valence electrons. The van der Waals surface area contributed by atoms with Gasteiger partial charge in [-0.1, -0.05) is 6.42 Å². The summed E-state index contributed by atoms with van der Waals surface area (Å²) in [6, 6.07) is 2.82. The lowest BCUT2D eigenvalue weighted by Crippen LogP contribution is -2.38. The molecular weight excluding hydrogens is 318 g/mol. The van der Waals surface area contributed by atoms with Crippen molar-refractivity contribution in [2.24, 2.45) is 5.92 Å². The van der Waals surface area contributed by atoms with Gasteiger partial charge in [-0.25, -0.2) is 8.78 Å². The lowest BCUT2D eigenvalue weighted by molar-refractivity contribution is -0.137. The molecule has 0 aliphatic carbocycles. The molecular formula is C17H22F2N2O3. The van der Waals surface area contributed by atoms with Crippen LogP contribution in [0.4, 0.5) is 14.5 Å². The topological polar surface area (TPSA) is 58.6 Å². The van der Waals surface area contributed by atoms with Crippen LogP contribution in [-0.2, 0) is 14.3 Å². The van der Waals surface area contributed by atoms with Gasteiger partial charge in [0.25, 0.3) is 0 Å². The molecule has 2 rings (SSSR count). The molecule has 0 radical (unpaired) electrons. The van der Waals surface area contributed by atoms with Crippen LogP contribution in [0.1, 0.15) is 25.7 Å². The molecule has 1 fully saturated rings. The first-order valence-electron chi connectivity index (χ1n) is 8.03. The number of carbonyl (C=O) groups is 2. The number of hydrogen-bond donors (Lipinski definition) is 1. The molecule has 2 amide bonds. The largest absolute Gasteiger partial charge is 0.383 e. The average molecular weight is 340 g/mol. The number of hydrogen-bond acceptors (Lipinski definition) is 3. The number of carbonyl (C=O) groups excluding carboxylic acids is 2. The normalized spacial score (nSPS) is 18.4. The van der Waals surface area contributed by atoms with Crippen molar-refractivity contribution in [1.29, 1.82) is 0 Å². The zero-order valence-electron chi connectivity index (χ0n) is 13.7. The summed E-state index contributed by atoms with van der Waals surface area (Å²) >= 11 is 0. The van der Waals surface area contributed by atoms with E-state index in [2.05, 4.69) is 5.32 Å². The van der Waals surface area contributed by atoms with Gasteiger partial charge in [0, 0.05) is 44.3 Å². The number of nitrogens with zero attached hydrogens (tertiary/aromatic N) is 1. The van der Waals surface area contributed by atoms with Crippen molar-refractivity contribution in [3.63, 3.8) is 0 Å². The minimum atomic E-state index is -0.762. The highest BCUT2D eigenvalue weighted by Crippen LogP contribution is 2.22. The van der Waals surface area contributed by atoms with E-state index in [4.69, 9.17) is 4.74 Å². The maximum absolute atomic E-state index is 13.2. The first-order valence-corrected chi connectivity index (χ1v) is 8.03. The molecule has 1 N–H and O–H groups in total. The number of rotatable bonds is 6. The number of nitrogens with one attached hydrogen (secondary N) is 1. The summed E-state index contributed by atoms with van der Waals surface area (Å²) in [5, 5.41) is 2.46. The molecule has 1 unspecified atom stereocenters. The average Bonchev–Trinajstić information content (AvgIpc) is 2.67. The molecule has 0 aromatic heterocycles. The van der Waals surface area contributed by atoms with Crippen LogP contribution in [0.15, 0.2) is 18.2 Å². The van der Waals surface area contributed by atoms with Gasteiger partial charge in [0.2, 0.25) is 11.8 Å². The number of methoxy groups -OCH3 is 1. The van der Waals surface area contributed by atoms with Crippen LogP contribution in [0.25, 0.3) is 0 Å². The van der Waals surface area contributed by atoms with Crippen LogP contribution >= 0.6 is 0 Å². The van der Waals surface area contributed by atoms with Gasteiger partial charge in [0.15, 0.2) is 0 Å². The molecule has 5 nitrogen and oxygen atoms in total. The standard InChI is InChI=1S/C17H22F2N2O3/c1-24-7-6-21-5-3-2-4-12(17(21)23)8-16(22)20-15-10-13(18)9-14(19)11-15/h9-12H,2-8H2,1H3,(H,20,22). The van der Waals surface area contributed by atoms with Gasteiger partial charge in [-0.15, -0.1) is 0 Å². The molecule has 1 saturated heterocycles. The van der Waals surface area contributed by atoms with Gasteiger partial charge in [0.05, 0.1) is 6.61 Å². The van der Waals surface area contributed by atoms with Gasteiger partial charge in [-0.2, -0.15) is 0 Å². The molecule has 1 aromatic carbocycles. The Hall–Kier alpha value is -2.02. The van der Waals surface area contributed by atoms with Crippen molar-refractivity contribution in [3.05, 3.63) is 29.8 Å². The summed E-state index contributed by atoms with van der Waals surface area (Å²) in [7, 11) is 1.57. The third-order valence-electron chi connectivity index (χ3n) is 4.03. The monoisotopic (exact) mass is 340 g/mol. The summed E-state index contributed by atoms with van der Waals surface area (Å²) in [6.45, 7) is 1.62. The fourth-order valence-electron chi connectivity index (χ4n) is 2.86. The van der Waals surface area contributed by atoms with Gasteiger partial charge >= 0.3 is 0 Å². The second-order valence-electron chi connectivity index (χ2n) is 5.92. The van der Waals surface area contributed by atoms with E-state index in [1.807, 2.05) is 0 Å². The third kappa shape index (κ3) is 5.26. The van der Waals surface area contributed by atoms with Gasteiger partial charge in [-0.3, -0.25) is 9.59 Å². The van der Waals surface area contributed by atoms with Crippen molar-refractivity contribution >= 4 is 17.5 Å². The summed E-state index contributed by atoms with van der Waals surface area (Å²) < 4.78 is 31.3. The van der Waals surface area contributed by atoms with E-state index in [1.54, 1.807) is 12.0 Å². The third-order valence-corrected chi connectivity index (χ3v) is 4.03. The molecule has 1 aromatic rings. The van der Waals surface area contributed by atoms with E-state index >= 15 is 0 Å². The van der Waals surface area contributed by atoms with Crippen LogP contribution in [0.5, 0.6) is 0 Å². The Kier molecular flexibility index (Phi) is 6.66. The molecule has 7 heteroatoms. The number of amides is 2. The van der Waals surface area contributed by atoms with Gasteiger partial charge < -0.3 is 15.0 Å². The molecule has 0 saturated carbocycles. The fraction of sp³-hybridized carbons (Fsp3) is 0.529. The molecule has 24 heavy (non-hydrogen) atoms. The SMILES string of the molecule is COCCN1CCCCC(CC(=O)Nc2cc(F)cc(F)c2)C1=O. The Morgan fingerprint density at radius 3 is 2.67 bits per heavy atom. The van der Waals surface area contributed by atoms with Crippen molar-refractivity contribution < 1.29 is 23.1 Å². The summed E-state index contributed by atoms with van der Waals surface area (Å²) in [6.07, 6.45) is 2.39. The smallest absolute Gasteiger partial charge is 0.226 e. The Balaban J connectivity index is 1.97. The summed E-state index contributed by atoms with van der Waals surface area (Å²) in [5.41, 5.74) is 0.0508. The predicted octanol–water partition coefficient (Wildman–Crippen LogP) is 2.57. The minimum absolute atomic E-state index is 0.000444. The van der Waals surface area contributed by atoms with E-state index in [1.165, 1.54) is 0 Å². The van der Waals surface area contributed by atoms with Gasteiger partial charge in [-0.05, 0) is 25.0 Å². The first kappa shape index (κ1) is 18.3. The van der Waals surface area contributed by atoms with E-state index in [-0.39, 0.29) is 18.0 Å². The second kappa shape index (κ2) is 8.73. The van der Waals surface area contributed by atoms with Crippen LogP contribution in [0, 0.1) is 17.6 Å². The molecule has 1 heterocycles. The van der Waals surface area contributed by atoms with E-state index < -0.39 is 23.5 Å². The molecule has 1 aliphatic rings. The highest BCUT2D eigenvalue weighted by molar-refractivity contribution is 5.94. The number of benzene rings is 1. The quantitative estimate of drug-likeness (QED) is 0.866. The Bertz CT molecular complexity index is 575. The van der Waals surface area contributed by atoms with Crippen LogP contribution in [-0.4, -0.2) is 43.5 Å². The van der Waals surface area contributed by atoms with Crippen molar-refractivity contribution in [2.45, 2.75) is 25.7 Å². The minimum Gasteiger partial charge on any atom is -0.383 e. The van der Waals surface area contributed by atoms with Crippen molar-refractivity contribution in [2.75, 3.05) is 32.1 Å². The van der Waals surface area contributed by atoms with Gasteiger partial charge in [0.1, 0.15) is 11.6 Å².